The molecule has 1 unspecified atom stereocenters. The summed E-state index contributed by atoms with van der Waals surface area (Å²) in [5.74, 6) is -0.375. The van der Waals surface area contributed by atoms with Gasteiger partial charge in [-0.25, -0.2) is 18.3 Å². The zero-order chi connectivity index (χ0) is 40.8. The van der Waals surface area contributed by atoms with Gasteiger partial charge in [0.2, 0.25) is 0 Å². The molecule has 4 N–H and O–H groups in total. The van der Waals surface area contributed by atoms with E-state index in [-0.39, 0.29) is 47.7 Å². The number of benzene rings is 2. The number of nitrogens with zero attached hydrogens (tertiary/aromatic N) is 4. The van der Waals surface area contributed by atoms with Gasteiger partial charge in [-0.1, -0.05) is 95.3 Å². The lowest BCUT2D eigenvalue weighted by atomic mass is 9.99. The van der Waals surface area contributed by atoms with E-state index in [0.29, 0.717) is 12.5 Å². The van der Waals surface area contributed by atoms with E-state index in [1.54, 1.807) is 18.2 Å². The van der Waals surface area contributed by atoms with Gasteiger partial charge in [0.15, 0.2) is 22.6 Å². The number of para-hydroxylation sites is 1. The highest BCUT2D eigenvalue weighted by Crippen LogP contribution is 2.48. The standard InChI is InChI=1S/C40H50F3N6O7P/c1-3-5-6-7-8-9-10-11-12-13-17-20-53-38(51)32(23-28-21-29(41)24-30(42)22-28)48-57(52,56-31-18-15-14-16-19-31)54-26-40(4-2)33(50)25-34(55-40)49-27-45-35-36(44)46-39(43)47-37(35)49/h2,14-16,18-19,21-22,24,27,32-34,50H,3,5-13,17,20,23,25-26H2,1H3,(H,48,52)(H2,44,46,47)/t32-,33-,34?,40+,57-/m0/s1. The number of ether oxygens (including phenoxy) is 2. The van der Waals surface area contributed by atoms with Crippen LogP contribution in [0.25, 0.3) is 11.2 Å². The maximum atomic E-state index is 14.7. The summed E-state index contributed by atoms with van der Waals surface area (Å²) in [6, 6.07) is 9.18. The van der Waals surface area contributed by atoms with E-state index < -0.39 is 62.0 Å². The SMILES string of the molecule is C#C[C@]1(CO[P@@](=O)(N[C@@H](Cc2cc(F)cc(F)c2)C(=O)OCCCCCCCCCCCCC)Oc2ccccc2)OC(n2cnc3c(N)nc(F)nc32)C[C@@H]1O. The quantitative estimate of drug-likeness (QED) is 0.0219. The van der Waals surface area contributed by atoms with Gasteiger partial charge in [-0.3, -0.25) is 13.9 Å². The van der Waals surface area contributed by atoms with Crippen molar-refractivity contribution in [1.82, 2.24) is 24.6 Å². The van der Waals surface area contributed by atoms with E-state index in [2.05, 4.69) is 32.9 Å². The minimum absolute atomic E-state index is 0.0194. The van der Waals surface area contributed by atoms with Crippen LogP contribution in [0.2, 0.25) is 0 Å². The summed E-state index contributed by atoms with van der Waals surface area (Å²) >= 11 is 0. The second kappa shape index (κ2) is 20.8. The third kappa shape index (κ3) is 12.2. The Morgan fingerprint density at radius 3 is 2.35 bits per heavy atom. The van der Waals surface area contributed by atoms with E-state index in [4.69, 9.17) is 30.7 Å². The van der Waals surface area contributed by atoms with E-state index in [1.165, 1.54) is 61.6 Å². The van der Waals surface area contributed by atoms with Crippen molar-refractivity contribution in [2.45, 2.75) is 114 Å². The van der Waals surface area contributed by atoms with E-state index in [0.717, 1.165) is 37.8 Å². The van der Waals surface area contributed by atoms with Gasteiger partial charge >= 0.3 is 19.8 Å². The molecular formula is C40H50F3N6O7P. The predicted octanol–water partition coefficient (Wildman–Crippen LogP) is 7.74. The molecule has 0 aliphatic carbocycles. The first-order valence-electron chi connectivity index (χ1n) is 19.3. The lowest BCUT2D eigenvalue weighted by Gasteiger charge is -2.30. The molecule has 13 nitrogen and oxygen atoms in total. The Balaban J connectivity index is 1.29. The molecule has 0 amide bonds. The van der Waals surface area contributed by atoms with Crippen LogP contribution >= 0.6 is 7.75 Å². The molecule has 57 heavy (non-hydrogen) atoms. The van der Waals surface area contributed by atoms with E-state index >= 15 is 0 Å². The summed E-state index contributed by atoms with van der Waals surface area (Å²) in [5, 5.41) is 13.8. The minimum Gasteiger partial charge on any atom is -0.465 e. The van der Waals surface area contributed by atoms with Crippen LogP contribution in [-0.4, -0.2) is 61.6 Å². The molecule has 0 bridgehead atoms. The van der Waals surface area contributed by atoms with Crippen molar-refractivity contribution in [3.63, 3.8) is 0 Å². The summed E-state index contributed by atoms with van der Waals surface area (Å²) < 4.78 is 82.0. The average Bonchev–Trinajstić information content (AvgIpc) is 3.75. The molecule has 308 valence electrons. The number of rotatable bonds is 23. The Labute approximate surface area is 330 Å². The van der Waals surface area contributed by atoms with Crippen molar-refractivity contribution in [2.75, 3.05) is 18.9 Å². The highest BCUT2D eigenvalue weighted by Gasteiger charge is 2.50. The Morgan fingerprint density at radius 1 is 1.05 bits per heavy atom. The Kier molecular flexibility index (Phi) is 15.9. The number of halogens is 3. The minimum atomic E-state index is -4.68. The molecule has 5 atom stereocenters. The number of fused-ring (bicyclic) bond motifs is 1. The number of aliphatic hydroxyl groups is 1. The number of hydrogen-bond acceptors (Lipinski definition) is 11. The predicted molar refractivity (Wildman–Crippen MR) is 207 cm³/mol. The first-order valence-corrected chi connectivity index (χ1v) is 20.9. The molecule has 0 radical (unpaired) electrons. The summed E-state index contributed by atoms with van der Waals surface area (Å²) in [7, 11) is -4.68. The number of imidazole rings is 1. The number of carbonyl (C=O) groups excluding carboxylic acids is 1. The number of anilines is 1. The highest BCUT2D eigenvalue weighted by molar-refractivity contribution is 7.52. The van der Waals surface area contributed by atoms with Crippen molar-refractivity contribution in [1.29, 1.82) is 0 Å². The fourth-order valence-electron chi connectivity index (χ4n) is 6.61. The van der Waals surface area contributed by atoms with Gasteiger partial charge < -0.3 is 24.8 Å². The molecule has 1 saturated heterocycles. The van der Waals surface area contributed by atoms with Crippen molar-refractivity contribution >= 4 is 30.7 Å². The van der Waals surface area contributed by atoms with E-state index in [9.17, 15) is 27.6 Å². The average molecular weight is 815 g/mol. The fraction of sp³-hybridized carbons (Fsp3) is 0.500. The Hall–Kier alpha value is -4.52. The lowest BCUT2D eigenvalue weighted by molar-refractivity contribution is -0.146. The largest absolute Gasteiger partial charge is 0.465 e. The van der Waals surface area contributed by atoms with Crippen molar-refractivity contribution in [3.8, 4) is 18.1 Å². The molecular weight excluding hydrogens is 764 g/mol. The van der Waals surface area contributed by atoms with Gasteiger partial charge in [0.05, 0.1) is 12.9 Å². The number of esters is 1. The third-order valence-electron chi connectivity index (χ3n) is 9.66. The van der Waals surface area contributed by atoms with Crippen molar-refractivity contribution in [3.05, 3.63) is 78.1 Å². The first-order chi connectivity index (χ1) is 27.4. The summed E-state index contributed by atoms with van der Waals surface area (Å²) in [6.45, 7) is 1.51. The van der Waals surface area contributed by atoms with E-state index in [1.807, 2.05) is 0 Å². The summed E-state index contributed by atoms with van der Waals surface area (Å²) in [5.41, 5.74) is 3.99. The van der Waals surface area contributed by atoms with Crippen LogP contribution in [-0.2, 0) is 29.8 Å². The summed E-state index contributed by atoms with van der Waals surface area (Å²) in [6.07, 6.45) is 15.1. The van der Waals surface area contributed by atoms with Gasteiger partial charge in [-0.15, -0.1) is 6.42 Å². The molecule has 3 heterocycles. The second-order valence-electron chi connectivity index (χ2n) is 14.1. The van der Waals surface area contributed by atoms with Crippen LogP contribution in [0.4, 0.5) is 19.0 Å². The number of nitrogens with two attached hydrogens (primary N) is 1. The molecule has 1 fully saturated rings. The number of nitrogen functional groups attached to an aromatic ring is 1. The molecule has 2 aromatic heterocycles. The number of hydrogen-bond donors (Lipinski definition) is 3. The molecule has 0 spiro atoms. The Morgan fingerprint density at radius 2 is 1.70 bits per heavy atom. The van der Waals surface area contributed by atoms with Crippen LogP contribution in [0.1, 0.15) is 95.8 Å². The van der Waals surface area contributed by atoms with Crippen LogP contribution in [0, 0.1) is 30.1 Å². The molecule has 2 aromatic carbocycles. The van der Waals surface area contributed by atoms with Crippen LogP contribution in [0.3, 0.4) is 0 Å². The van der Waals surface area contributed by atoms with Gasteiger partial charge in [-0.2, -0.15) is 19.4 Å². The van der Waals surface area contributed by atoms with Gasteiger partial charge in [-0.05, 0) is 42.7 Å². The number of nitrogens with one attached hydrogen (secondary N) is 1. The fourth-order valence-corrected chi connectivity index (χ4v) is 8.13. The molecule has 1 aliphatic heterocycles. The second-order valence-corrected chi connectivity index (χ2v) is 15.8. The van der Waals surface area contributed by atoms with Crippen molar-refractivity contribution < 1.29 is 46.2 Å². The smallest absolute Gasteiger partial charge is 0.459 e. The number of terminal acetylenes is 1. The van der Waals surface area contributed by atoms with Crippen molar-refractivity contribution in [2.24, 2.45) is 0 Å². The number of aromatic nitrogens is 4. The van der Waals surface area contributed by atoms with Crippen LogP contribution in [0.15, 0.2) is 54.9 Å². The topological polar surface area (TPSA) is 173 Å². The van der Waals surface area contributed by atoms with Gasteiger partial charge in [0.25, 0.3) is 0 Å². The molecule has 5 rings (SSSR count). The number of unbranched alkanes of at least 4 members (excludes halogenated alkanes) is 10. The first kappa shape index (κ1) is 43.6. The lowest BCUT2D eigenvalue weighted by Crippen LogP contribution is -2.44. The molecule has 4 aromatic rings. The third-order valence-corrected chi connectivity index (χ3v) is 11.2. The monoisotopic (exact) mass is 814 g/mol. The molecule has 0 saturated carbocycles. The zero-order valence-corrected chi connectivity index (χ0v) is 32.9. The van der Waals surface area contributed by atoms with Crippen LogP contribution in [0.5, 0.6) is 5.75 Å². The molecule has 1 aliphatic rings. The normalized spacial score (nSPS) is 19.6. The van der Waals surface area contributed by atoms with Crippen LogP contribution < -0.4 is 15.3 Å². The summed E-state index contributed by atoms with van der Waals surface area (Å²) in [4.78, 5) is 25.0. The Bertz CT molecular complexity index is 2000. The maximum Gasteiger partial charge on any atom is 0.459 e. The van der Waals surface area contributed by atoms with Gasteiger partial charge in [0, 0.05) is 12.5 Å². The number of aliphatic hydroxyl groups excluding tert-OH is 1. The maximum absolute atomic E-state index is 14.7. The van der Waals surface area contributed by atoms with Gasteiger partial charge in [0.1, 0.15) is 42.4 Å². The molecule has 17 heteroatoms. The highest BCUT2D eigenvalue weighted by atomic mass is 31.2. The zero-order valence-electron chi connectivity index (χ0n) is 32.0. The number of carbonyl (C=O) groups is 1.